The highest BCUT2D eigenvalue weighted by atomic mass is 32.2. The number of nitrogens with one attached hydrogen (secondary N) is 1. The molecule has 1 heterocycles. The maximum atomic E-state index is 11.8. The molecular formula is C20H19NO4S2. The van der Waals surface area contributed by atoms with Crippen molar-refractivity contribution in [2.24, 2.45) is 0 Å². The van der Waals surface area contributed by atoms with E-state index >= 15 is 0 Å². The number of rotatable bonds is 7. The standard InChI is InChI=1S/C20H19NO4S2/c1-13-5-3-4-6-15(13)24-9-10-25-16-8-7-14(11-17(16)23-2)12-18-19(22)21-20(26)27-18/h3-8,11-12H,9-10H2,1-2H3,(H,21,22,26). The van der Waals surface area contributed by atoms with Gasteiger partial charge in [-0.3, -0.25) is 4.79 Å². The number of carbonyl (C=O) groups excluding carboxylic acids is 1. The van der Waals surface area contributed by atoms with E-state index in [0.717, 1.165) is 16.9 Å². The highest BCUT2D eigenvalue weighted by molar-refractivity contribution is 8.26. The third-order valence-corrected chi connectivity index (χ3v) is 4.98. The van der Waals surface area contributed by atoms with Gasteiger partial charge in [-0.2, -0.15) is 0 Å². The molecule has 0 unspecified atom stereocenters. The van der Waals surface area contributed by atoms with Gasteiger partial charge in [-0.1, -0.05) is 48.2 Å². The molecule has 1 N–H and O–H groups in total. The quantitative estimate of drug-likeness (QED) is 0.431. The molecule has 140 valence electrons. The molecule has 0 bridgehead atoms. The van der Waals surface area contributed by atoms with Gasteiger partial charge in [-0.15, -0.1) is 0 Å². The van der Waals surface area contributed by atoms with Gasteiger partial charge in [0.05, 0.1) is 12.0 Å². The minimum Gasteiger partial charge on any atom is -0.493 e. The van der Waals surface area contributed by atoms with Crippen LogP contribution in [-0.4, -0.2) is 30.6 Å². The minimum absolute atomic E-state index is 0.183. The zero-order valence-corrected chi connectivity index (χ0v) is 16.6. The molecule has 1 fully saturated rings. The molecule has 0 radical (unpaired) electrons. The average molecular weight is 402 g/mol. The number of para-hydroxylation sites is 1. The molecule has 1 aliphatic rings. The number of thiocarbonyl (C=S) groups is 1. The SMILES string of the molecule is COc1cc(C=C2SC(=S)NC2=O)ccc1OCCOc1ccccc1C. The van der Waals surface area contributed by atoms with Gasteiger partial charge in [0.1, 0.15) is 23.3 Å². The molecule has 0 aromatic heterocycles. The molecule has 1 saturated heterocycles. The second-order valence-corrected chi connectivity index (χ2v) is 7.44. The van der Waals surface area contributed by atoms with Gasteiger partial charge >= 0.3 is 0 Å². The fourth-order valence-corrected chi connectivity index (χ4v) is 3.53. The van der Waals surface area contributed by atoms with Crippen LogP contribution >= 0.6 is 24.0 Å². The molecular weight excluding hydrogens is 382 g/mol. The van der Waals surface area contributed by atoms with Crippen LogP contribution in [0.5, 0.6) is 17.2 Å². The number of methoxy groups -OCH3 is 1. The van der Waals surface area contributed by atoms with Crippen LogP contribution < -0.4 is 19.5 Å². The van der Waals surface area contributed by atoms with E-state index in [2.05, 4.69) is 5.32 Å². The number of carbonyl (C=O) groups is 1. The van der Waals surface area contributed by atoms with Crippen LogP contribution in [0.1, 0.15) is 11.1 Å². The Kier molecular flexibility index (Phi) is 6.36. The van der Waals surface area contributed by atoms with Gasteiger partial charge in [0.15, 0.2) is 11.5 Å². The van der Waals surface area contributed by atoms with Crippen molar-refractivity contribution < 1.29 is 19.0 Å². The summed E-state index contributed by atoms with van der Waals surface area (Å²) in [6.45, 7) is 2.81. The van der Waals surface area contributed by atoms with E-state index in [9.17, 15) is 4.79 Å². The number of hydrogen-bond donors (Lipinski definition) is 1. The molecule has 1 aliphatic heterocycles. The van der Waals surface area contributed by atoms with Gasteiger partial charge < -0.3 is 19.5 Å². The Hall–Kier alpha value is -2.51. The smallest absolute Gasteiger partial charge is 0.263 e. The molecule has 2 aromatic carbocycles. The van der Waals surface area contributed by atoms with Crippen molar-refractivity contribution in [3.05, 3.63) is 58.5 Å². The number of benzene rings is 2. The lowest BCUT2D eigenvalue weighted by molar-refractivity contribution is -0.115. The Morgan fingerprint density at radius 1 is 1.07 bits per heavy atom. The van der Waals surface area contributed by atoms with E-state index in [0.29, 0.717) is 33.9 Å². The summed E-state index contributed by atoms with van der Waals surface area (Å²) in [5.74, 6) is 1.87. The van der Waals surface area contributed by atoms with Crippen molar-refractivity contribution in [2.75, 3.05) is 20.3 Å². The third kappa shape index (κ3) is 5.02. The Balaban J connectivity index is 1.61. The normalized spacial score (nSPS) is 15.0. The summed E-state index contributed by atoms with van der Waals surface area (Å²) in [4.78, 5) is 12.3. The topological polar surface area (TPSA) is 56.8 Å². The minimum atomic E-state index is -0.183. The van der Waals surface area contributed by atoms with E-state index < -0.39 is 0 Å². The number of aryl methyl sites for hydroxylation is 1. The maximum Gasteiger partial charge on any atom is 0.263 e. The highest BCUT2D eigenvalue weighted by Gasteiger charge is 2.22. The molecule has 7 heteroatoms. The van der Waals surface area contributed by atoms with Crippen LogP contribution in [0.2, 0.25) is 0 Å². The Labute approximate surface area is 167 Å². The zero-order valence-electron chi connectivity index (χ0n) is 15.0. The van der Waals surface area contributed by atoms with Gasteiger partial charge in [0.2, 0.25) is 0 Å². The van der Waals surface area contributed by atoms with Crippen molar-refractivity contribution in [3.63, 3.8) is 0 Å². The van der Waals surface area contributed by atoms with Crippen molar-refractivity contribution >= 4 is 40.3 Å². The monoisotopic (exact) mass is 401 g/mol. The maximum absolute atomic E-state index is 11.8. The first-order valence-corrected chi connectivity index (χ1v) is 9.53. The van der Waals surface area contributed by atoms with Crippen molar-refractivity contribution in [1.82, 2.24) is 5.32 Å². The average Bonchev–Trinajstić information content (AvgIpc) is 2.97. The predicted octanol–water partition coefficient (Wildman–Crippen LogP) is 3.95. The van der Waals surface area contributed by atoms with E-state index in [1.54, 1.807) is 13.2 Å². The second-order valence-electron chi connectivity index (χ2n) is 5.72. The van der Waals surface area contributed by atoms with Crippen LogP contribution in [0.25, 0.3) is 6.08 Å². The Morgan fingerprint density at radius 2 is 1.81 bits per heavy atom. The van der Waals surface area contributed by atoms with Gasteiger partial charge in [-0.25, -0.2) is 0 Å². The number of amides is 1. The molecule has 1 amide bonds. The zero-order chi connectivity index (χ0) is 19.2. The van der Waals surface area contributed by atoms with E-state index in [-0.39, 0.29) is 5.91 Å². The summed E-state index contributed by atoms with van der Waals surface area (Å²) in [7, 11) is 1.58. The van der Waals surface area contributed by atoms with Crippen LogP contribution in [0.15, 0.2) is 47.4 Å². The summed E-state index contributed by atoms with van der Waals surface area (Å²) >= 11 is 6.24. The summed E-state index contributed by atoms with van der Waals surface area (Å²) in [5.41, 5.74) is 1.92. The summed E-state index contributed by atoms with van der Waals surface area (Å²) < 4.78 is 17.4. The molecule has 0 atom stereocenters. The Bertz CT molecular complexity index is 895. The fraction of sp³-hybridized carbons (Fsp3) is 0.200. The first-order chi connectivity index (χ1) is 13.1. The van der Waals surface area contributed by atoms with Crippen molar-refractivity contribution in [2.45, 2.75) is 6.92 Å². The second kappa shape index (κ2) is 8.92. The fourth-order valence-electron chi connectivity index (χ4n) is 2.49. The van der Waals surface area contributed by atoms with Crippen LogP contribution in [0.4, 0.5) is 0 Å². The largest absolute Gasteiger partial charge is 0.493 e. The van der Waals surface area contributed by atoms with E-state index in [4.69, 9.17) is 26.4 Å². The molecule has 2 aromatic rings. The van der Waals surface area contributed by atoms with Crippen LogP contribution in [0.3, 0.4) is 0 Å². The first kappa shape index (κ1) is 19.3. The van der Waals surface area contributed by atoms with Crippen molar-refractivity contribution in [1.29, 1.82) is 0 Å². The summed E-state index contributed by atoms with van der Waals surface area (Å²) in [5, 5.41) is 2.60. The highest BCUT2D eigenvalue weighted by Crippen LogP contribution is 2.31. The molecule has 0 saturated carbocycles. The van der Waals surface area contributed by atoms with Crippen LogP contribution in [-0.2, 0) is 4.79 Å². The lowest BCUT2D eigenvalue weighted by Gasteiger charge is -2.13. The third-order valence-electron chi connectivity index (χ3n) is 3.82. The lowest BCUT2D eigenvalue weighted by atomic mass is 10.2. The molecule has 0 aliphatic carbocycles. The van der Waals surface area contributed by atoms with E-state index in [1.807, 2.05) is 49.4 Å². The number of ether oxygens (including phenoxy) is 3. The lowest BCUT2D eigenvalue weighted by Crippen LogP contribution is -2.17. The first-order valence-electron chi connectivity index (χ1n) is 8.31. The van der Waals surface area contributed by atoms with E-state index in [1.165, 1.54) is 11.8 Å². The molecule has 3 rings (SSSR count). The Morgan fingerprint density at radius 3 is 2.48 bits per heavy atom. The summed E-state index contributed by atoms with van der Waals surface area (Å²) in [6, 6.07) is 13.3. The van der Waals surface area contributed by atoms with Gasteiger partial charge in [0, 0.05) is 0 Å². The number of hydrogen-bond acceptors (Lipinski definition) is 6. The van der Waals surface area contributed by atoms with Crippen molar-refractivity contribution in [3.8, 4) is 17.2 Å². The molecule has 27 heavy (non-hydrogen) atoms. The van der Waals surface area contributed by atoms with Gasteiger partial charge in [0.25, 0.3) is 5.91 Å². The van der Waals surface area contributed by atoms with Crippen LogP contribution in [0, 0.1) is 6.92 Å². The number of thioether (sulfide) groups is 1. The molecule has 0 spiro atoms. The molecule has 5 nitrogen and oxygen atoms in total. The van der Waals surface area contributed by atoms with Gasteiger partial charge in [-0.05, 0) is 42.3 Å². The predicted molar refractivity (Wildman–Crippen MR) is 111 cm³/mol. The summed E-state index contributed by atoms with van der Waals surface area (Å²) in [6.07, 6.45) is 1.77.